The summed E-state index contributed by atoms with van der Waals surface area (Å²) in [5.74, 6) is 0.0527. The molecule has 19 heteroatoms. The number of ether oxygens (including phenoxy) is 4. The van der Waals surface area contributed by atoms with Crippen molar-refractivity contribution in [2.75, 3.05) is 39.6 Å². The average molecular weight is 1320 g/mol. The molecule has 3 N–H and O–H groups in total. The summed E-state index contributed by atoms with van der Waals surface area (Å²) in [5.41, 5.74) is 0. The number of rotatable bonds is 67. The molecule has 0 saturated heterocycles. The van der Waals surface area contributed by atoms with Gasteiger partial charge in [0.25, 0.3) is 0 Å². The molecule has 0 bridgehead atoms. The molecule has 17 nitrogen and oxygen atoms in total. The zero-order valence-corrected chi connectivity index (χ0v) is 59.9. The number of aliphatic hydroxyl groups is 1. The molecule has 0 spiro atoms. The van der Waals surface area contributed by atoms with Gasteiger partial charge in [-0.25, -0.2) is 9.13 Å². The number of carbonyl (C=O) groups excluding carboxylic acids is 4. The molecule has 530 valence electrons. The first kappa shape index (κ1) is 87.5. The first-order valence-corrected chi connectivity index (χ1v) is 39.2. The maximum Gasteiger partial charge on any atom is 0.472 e. The number of aliphatic hydroxyl groups excluding tert-OH is 1. The van der Waals surface area contributed by atoms with Gasteiger partial charge in [0.15, 0.2) is 12.2 Å². The van der Waals surface area contributed by atoms with Crippen molar-refractivity contribution in [3.8, 4) is 0 Å². The van der Waals surface area contributed by atoms with Gasteiger partial charge in [-0.05, 0) is 69.1 Å². The smallest absolute Gasteiger partial charge is 0.462 e. The van der Waals surface area contributed by atoms with Gasteiger partial charge in [0.05, 0.1) is 26.4 Å². The van der Waals surface area contributed by atoms with Crippen molar-refractivity contribution in [3.05, 3.63) is 24.3 Å². The zero-order chi connectivity index (χ0) is 66.6. The molecule has 90 heavy (non-hydrogen) atoms. The van der Waals surface area contributed by atoms with Crippen LogP contribution in [0.2, 0.25) is 0 Å². The second kappa shape index (κ2) is 61.4. The zero-order valence-electron chi connectivity index (χ0n) is 58.1. The lowest BCUT2D eigenvalue weighted by atomic mass is 10.00. The van der Waals surface area contributed by atoms with Gasteiger partial charge in [-0.3, -0.25) is 37.3 Å². The quantitative estimate of drug-likeness (QED) is 0.0169. The summed E-state index contributed by atoms with van der Waals surface area (Å²) in [4.78, 5) is 72.5. The molecule has 0 fully saturated rings. The van der Waals surface area contributed by atoms with E-state index in [1.165, 1.54) is 128 Å². The highest BCUT2D eigenvalue weighted by Gasteiger charge is 2.30. The van der Waals surface area contributed by atoms with Gasteiger partial charge in [0, 0.05) is 25.7 Å². The lowest BCUT2D eigenvalue weighted by molar-refractivity contribution is -0.161. The van der Waals surface area contributed by atoms with Crippen LogP contribution in [0.4, 0.5) is 0 Å². The largest absolute Gasteiger partial charge is 0.472 e. The maximum absolute atomic E-state index is 13.0. The summed E-state index contributed by atoms with van der Waals surface area (Å²) in [6, 6.07) is 0. The molecule has 0 aliphatic carbocycles. The Morgan fingerprint density at radius 3 is 0.989 bits per heavy atom. The summed E-state index contributed by atoms with van der Waals surface area (Å²) in [5, 5.41) is 10.6. The molecule has 0 aliphatic heterocycles. The minimum Gasteiger partial charge on any atom is -0.462 e. The van der Waals surface area contributed by atoms with E-state index in [2.05, 4.69) is 72.8 Å². The third-order valence-electron chi connectivity index (χ3n) is 16.1. The van der Waals surface area contributed by atoms with Crippen molar-refractivity contribution < 1.29 is 80.2 Å². The van der Waals surface area contributed by atoms with Gasteiger partial charge in [-0.15, -0.1) is 0 Å². The number of phosphoric ester groups is 2. The third kappa shape index (κ3) is 63.0. The Bertz CT molecular complexity index is 1860. The van der Waals surface area contributed by atoms with Crippen LogP contribution in [0.3, 0.4) is 0 Å². The summed E-state index contributed by atoms with van der Waals surface area (Å²) >= 11 is 0. The highest BCUT2D eigenvalue weighted by atomic mass is 31.2. The van der Waals surface area contributed by atoms with Crippen LogP contribution in [0, 0.1) is 17.8 Å². The second-order valence-corrected chi connectivity index (χ2v) is 29.0. The molecule has 6 atom stereocenters. The molecule has 0 aromatic rings. The van der Waals surface area contributed by atoms with Gasteiger partial charge >= 0.3 is 39.5 Å². The molecule has 0 rings (SSSR count). The van der Waals surface area contributed by atoms with E-state index in [9.17, 15) is 43.2 Å². The predicted octanol–water partition coefficient (Wildman–Crippen LogP) is 19.8. The van der Waals surface area contributed by atoms with E-state index in [4.69, 9.17) is 37.0 Å². The monoisotopic (exact) mass is 1320 g/mol. The molecule has 0 saturated carbocycles. The van der Waals surface area contributed by atoms with Gasteiger partial charge in [0.1, 0.15) is 19.3 Å². The van der Waals surface area contributed by atoms with Crippen molar-refractivity contribution >= 4 is 39.5 Å². The fraction of sp³-hybridized carbons (Fsp3) is 0.887. The molecular weight excluding hydrogens is 1190 g/mol. The number of unbranched alkanes of at least 4 members (excludes halogenated alkanes) is 31. The fourth-order valence-corrected chi connectivity index (χ4v) is 11.7. The minimum atomic E-state index is -4.96. The predicted molar refractivity (Wildman–Crippen MR) is 363 cm³/mol. The minimum absolute atomic E-state index is 0.0843. The highest BCUT2D eigenvalue weighted by Crippen LogP contribution is 2.45. The number of carbonyl (C=O) groups is 4. The first-order chi connectivity index (χ1) is 43.3. The second-order valence-electron chi connectivity index (χ2n) is 26.1. The number of hydrogen-bond acceptors (Lipinski definition) is 15. The fourth-order valence-electron chi connectivity index (χ4n) is 10.1. The van der Waals surface area contributed by atoms with Gasteiger partial charge in [-0.2, -0.15) is 0 Å². The van der Waals surface area contributed by atoms with Crippen LogP contribution in [-0.2, 0) is 65.4 Å². The Balaban J connectivity index is 5.29. The summed E-state index contributed by atoms with van der Waals surface area (Å²) in [7, 11) is -9.92. The van der Waals surface area contributed by atoms with Gasteiger partial charge in [0.2, 0.25) is 0 Å². The number of hydrogen-bond donors (Lipinski definition) is 3. The molecule has 0 radical (unpaired) electrons. The Kier molecular flexibility index (Phi) is 59.7. The van der Waals surface area contributed by atoms with Crippen LogP contribution in [0.5, 0.6) is 0 Å². The molecule has 0 aliphatic rings. The van der Waals surface area contributed by atoms with E-state index in [1.54, 1.807) is 0 Å². The van der Waals surface area contributed by atoms with E-state index in [-0.39, 0.29) is 25.7 Å². The molecule has 0 heterocycles. The van der Waals surface area contributed by atoms with E-state index >= 15 is 0 Å². The standard InChI is InChI=1S/C71H134O17P2/c1-8-10-11-12-13-14-15-16-17-18-21-25-32-40-47-54-70(75)87-66(58-81-68(73)52-45-38-30-24-22-19-20-23-28-35-42-49-62(3)4)60-85-89(77,78)83-56-65(72)57-84-90(79,80)86-61-67(88-71(76)55-48-41-34-33-37-44-51-64(7)9-2)59-82-69(74)53-46-39-31-27-26-29-36-43-50-63(5)6/h14-17,62-67,72H,8-13,18-61H2,1-7H3,(H,77,78)(H,79,80)/b15-14-,17-16-/t64?,65?,66-,67-/m1/s1. The normalized spacial score (nSPS) is 14.7. The van der Waals surface area contributed by atoms with Crippen LogP contribution in [0.15, 0.2) is 24.3 Å². The number of esters is 4. The van der Waals surface area contributed by atoms with Crippen molar-refractivity contribution in [1.29, 1.82) is 0 Å². The van der Waals surface area contributed by atoms with E-state index in [1.807, 2.05) is 0 Å². The van der Waals surface area contributed by atoms with Crippen LogP contribution < -0.4 is 0 Å². The lowest BCUT2D eigenvalue weighted by Gasteiger charge is -2.21. The molecule has 4 unspecified atom stereocenters. The molecular formula is C71H134O17P2. The average Bonchev–Trinajstić information content (AvgIpc) is 2.83. The molecule has 0 amide bonds. The Morgan fingerprint density at radius 2 is 0.656 bits per heavy atom. The van der Waals surface area contributed by atoms with Gasteiger partial charge < -0.3 is 33.8 Å². The Morgan fingerprint density at radius 1 is 0.367 bits per heavy atom. The number of phosphoric acid groups is 2. The van der Waals surface area contributed by atoms with E-state index in [0.29, 0.717) is 25.7 Å². The van der Waals surface area contributed by atoms with Crippen molar-refractivity contribution in [2.24, 2.45) is 17.8 Å². The molecule has 0 aromatic heterocycles. The summed E-state index contributed by atoms with van der Waals surface area (Å²) in [6.07, 6.45) is 48.1. The van der Waals surface area contributed by atoms with Crippen LogP contribution >= 0.6 is 15.6 Å². The van der Waals surface area contributed by atoms with Crippen molar-refractivity contribution in [3.63, 3.8) is 0 Å². The van der Waals surface area contributed by atoms with E-state index in [0.717, 1.165) is 120 Å². The lowest BCUT2D eigenvalue weighted by Crippen LogP contribution is -2.30. The van der Waals surface area contributed by atoms with Crippen molar-refractivity contribution in [2.45, 2.75) is 349 Å². The Labute approximate surface area is 548 Å². The summed E-state index contributed by atoms with van der Waals surface area (Å²) < 4.78 is 68.2. The van der Waals surface area contributed by atoms with Crippen LogP contribution in [0.1, 0.15) is 331 Å². The Hall–Kier alpha value is -2.46. The number of allylic oxidation sites excluding steroid dienone is 4. The maximum atomic E-state index is 13.0. The van der Waals surface area contributed by atoms with Crippen LogP contribution in [-0.4, -0.2) is 96.7 Å². The van der Waals surface area contributed by atoms with E-state index < -0.39 is 97.5 Å². The first-order valence-electron chi connectivity index (χ1n) is 36.2. The molecule has 0 aromatic carbocycles. The summed E-state index contributed by atoms with van der Waals surface area (Å²) in [6.45, 7) is 11.7. The van der Waals surface area contributed by atoms with Gasteiger partial charge in [-0.1, -0.05) is 278 Å². The SMILES string of the molecule is CCCCCC/C=C\C=C/CCCCCCCC(=O)O[C@H](COC(=O)CCCCCCCCCCCCCC(C)C)COP(=O)(O)OCC(O)COP(=O)(O)OC[C@@H](COC(=O)CCCCCCCCCCC(C)C)OC(=O)CCCCCCCCC(C)CC. The topological polar surface area (TPSA) is 237 Å². The van der Waals surface area contributed by atoms with Crippen molar-refractivity contribution in [1.82, 2.24) is 0 Å². The third-order valence-corrected chi connectivity index (χ3v) is 18.0. The highest BCUT2D eigenvalue weighted by molar-refractivity contribution is 7.47. The van der Waals surface area contributed by atoms with Crippen LogP contribution in [0.25, 0.3) is 0 Å².